The highest BCUT2D eigenvalue weighted by Gasteiger charge is 2.35. The van der Waals surface area contributed by atoms with Crippen molar-refractivity contribution >= 4 is 57.4 Å². The zero-order chi connectivity index (χ0) is 25.1. The van der Waals surface area contributed by atoms with Gasteiger partial charge >= 0.3 is 0 Å². The van der Waals surface area contributed by atoms with Gasteiger partial charge in [-0.2, -0.15) is 0 Å². The molecule has 182 valence electrons. The van der Waals surface area contributed by atoms with Gasteiger partial charge in [0.15, 0.2) is 0 Å². The Kier molecular flexibility index (Phi) is 7.63. The summed E-state index contributed by atoms with van der Waals surface area (Å²) < 4.78 is 0. The van der Waals surface area contributed by atoms with E-state index in [0.717, 1.165) is 22.8 Å². The van der Waals surface area contributed by atoms with Gasteiger partial charge in [-0.15, -0.1) is 0 Å². The average molecular weight is 512 g/mol. The Morgan fingerprint density at radius 3 is 2.46 bits per heavy atom. The highest BCUT2D eigenvalue weighted by Crippen LogP contribution is 2.37. The molecule has 0 aliphatic carbocycles. The second-order valence-electron chi connectivity index (χ2n) is 8.56. The number of carbonyl (C=O) groups is 3. The molecule has 3 amide bonds. The lowest BCUT2D eigenvalue weighted by Crippen LogP contribution is -2.52. The van der Waals surface area contributed by atoms with Crippen LogP contribution in [0.15, 0.2) is 54.6 Å². The lowest BCUT2D eigenvalue weighted by Gasteiger charge is -2.32. The Morgan fingerprint density at radius 1 is 1.03 bits per heavy atom. The van der Waals surface area contributed by atoms with Crippen molar-refractivity contribution in [3.63, 3.8) is 0 Å². The van der Waals surface area contributed by atoms with Crippen molar-refractivity contribution in [2.75, 3.05) is 18.0 Å². The number of nitrogens with one attached hydrogen (secondary N) is 1. The molecule has 0 saturated heterocycles. The van der Waals surface area contributed by atoms with Crippen molar-refractivity contribution in [3.05, 3.63) is 75.8 Å². The maximum Gasteiger partial charge on any atom is 0.259 e. The number of benzene rings is 3. The number of nitrogens with zero attached hydrogens (tertiary/aromatic N) is 2. The van der Waals surface area contributed by atoms with Crippen molar-refractivity contribution < 1.29 is 14.4 Å². The average Bonchev–Trinajstić information content (AvgIpc) is 3.12. The molecule has 1 N–H and O–H groups in total. The summed E-state index contributed by atoms with van der Waals surface area (Å²) in [5, 5.41) is 5.47. The third-order valence-corrected chi connectivity index (χ3v) is 6.95. The normalized spacial score (nSPS) is 13.3. The van der Waals surface area contributed by atoms with E-state index in [-0.39, 0.29) is 30.8 Å². The maximum absolute atomic E-state index is 13.7. The monoisotopic (exact) mass is 511 g/mol. The Morgan fingerprint density at radius 2 is 1.77 bits per heavy atom. The Labute approximate surface area is 214 Å². The van der Waals surface area contributed by atoms with Gasteiger partial charge in [0.2, 0.25) is 11.8 Å². The van der Waals surface area contributed by atoms with Gasteiger partial charge in [-0.1, -0.05) is 67.4 Å². The van der Waals surface area contributed by atoms with Crippen LogP contribution in [0.3, 0.4) is 0 Å². The van der Waals surface area contributed by atoms with E-state index in [1.165, 1.54) is 9.80 Å². The Hall–Kier alpha value is -3.09. The molecule has 0 spiro atoms. The molecule has 0 radical (unpaired) electrons. The van der Waals surface area contributed by atoms with Gasteiger partial charge < -0.3 is 10.2 Å². The van der Waals surface area contributed by atoms with E-state index < -0.39 is 6.04 Å². The van der Waals surface area contributed by atoms with Crippen molar-refractivity contribution in [1.29, 1.82) is 0 Å². The first-order valence-corrected chi connectivity index (χ1v) is 12.5. The van der Waals surface area contributed by atoms with E-state index in [1.54, 1.807) is 24.3 Å². The number of hydrogen-bond acceptors (Lipinski definition) is 3. The summed E-state index contributed by atoms with van der Waals surface area (Å²) in [6.45, 7) is 4.34. The highest BCUT2D eigenvalue weighted by molar-refractivity contribution is 6.42. The molecule has 0 fully saturated rings. The molecule has 1 heterocycles. The molecule has 6 nitrogen and oxygen atoms in total. The molecule has 3 aromatic rings. The van der Waals surface area contributed by atoms with Gasteiger partial charge in [0.05, 0.1) is 15.7 Å². The van der Waals surface area contributed by atoms with E-state index >= 15 is 0 Å². The third-order valence-electron chi connectivity index (χ3n) is 6.21. The summed E-state index contributed by atoms with van der Waals surface area (Å²) >= 11 is 12.3. The largest absolute Gasteiger partial charge is 0.354 e. The van der Waals surface area contributed by atoms with Crippen LogP contribution in [-0.4, -0.2) is 41.8 Å². The van der Waals surface area contributed by atoms with Crippen LogP contribution in [0.5, 0.6) is 0 Å². The summed E-state index contributed by atoms with van der Waals surface area (Å²) in [6.07, 6.45) is 1.21. The van der Waals surface area contributed by atoms with Gasteiger partial charge in [0.1, 0.15) is 12.6 Å². The van der Waals surface area contributed by atoms with Gasteiger partial charge in [-0.05, 0) is 48.1 Å². The van der Waals surface area contributed by atoms with Crippen LogP contribution in [0.2, 0.25) is 10.0 Å². The van der Waals surface area contributed by atoms with E-state index in [4.69, 9.17) is 23.2 Å². The minimum Gasteiger partial charge on any atom is -0.354 e. The van der Waals surface area contributed by atoms with Crippen molar-refractivity contribution in [2.24, 2.45) is 0 Å². The van der Waals surface area contributed by atoms with Gasteiger partial charge in [0.25, 0.3) is 5.91 Å². The van der Waals surface area contributed by atoms with E-state index in [9.17, 15) is 14.4 Å². The minimum atomic E-state index is -0.695. The topological polar surface area (TPSA) is 69.7 Å². The third kappa shape index (κ3) is 5.00. The second-order valence-corrected chi connectivity index (χ2v) is 9.37. The summed E-state index contributed by atoms with van der Waals surface area (Å²) in [7, 11) is 0. The highest BCUT2D eigenvalue weighted by atomic mass is 35.5. The van der Waals surface area contributed by atoms with Crippen molar-refractivity contribution in [2.45, 2.75) is 39.3 Å². The molecule has 0 unspecified atom stereocenters. The van der Waals surface area contributed by atoms with Crippen LogP contribution in [0.25, 0.3) is 10.8 Å². The fraction of sp³-hybridized carbons (Fsp3) is 0.296. The predicted octanol–water partition coefficient (Wildman–Crippen LogP) is 5.44. The smallest absolute Gasteiger partial charge is 0.259 e. The first kappa shape index (κ1) is 25.0. The second kappa shape index (κ2) is 10.7. The van der Waals surface area contributed by atoms with Crippen LogP contribution >= 0.6 is 23.2 Å². The molecule has 1 aliphatic heterocycles. The summed E-state index contributed by atoms with van der Waals surface area (Å²) in [5.41, 5.74) is 2.02. The Balaban J connectivity index is 1.65. The van der Waals surface area contributed by atoms with E-state index in [1.807, 2.05) is 44.2 Å². The predicted molar refractivity (Wildman–Crippen MR) is 140 cm³/mol. The number of hydrogen-bond donors (Lipinski definition) is 1. The fourth-order valence-electron chi connectivity index (χ4n) is 4.48. The van der Waals surface area contributed by atoms with Crippen molar-refractivity contribution in [3.8, 4) is 0 Å². The molecule has 0 bridgehead atoms. The Bertz CT molecular complexity index is 1290. The molecule has 4 rings (SSSR count). The molecule has 8 heteroatoms. The van der Waals surface area contributed by atoms with E-state index in [0.29, 0.717) is 34.3 Å². The molecular formula is C27H27Cl2N3O3. The van der Waals surface area contributed by atoms with E-state index in [2.05, 4.69) is 5.32 Å². The maximum atomic E-state index is 13.7. The molecule has 0 saturated carbocycles. The molecule has 35 heavy (non-hydrogen) atoms. The molecular weight excluding hydrogens is 485 g/mol. The SMILES string of the molecule is CCCNC(=O)[C@@H](CC)N(Cc1ccc(Cl)c(Cl)c1)C(=O)CN1C(=O)c2cccc3cccc1c23. The molecule has 1 aliphatic rings. The number of carbonyl (C=O) groups excluding carboxylic acids is 3. The first-order valence-electron chi connectivity index (χ1n) is 11.7. The summed E-state index contributed by atoms with van der Waals surface area (Å²) in [4.78, 5) is 43.0. The summed E-state index contributed by atoms with van der Waals surface area (Å²) in [5.74, 6) is -0.767. The van der Waals surface area contributed by atoms with Crippen molar-refractivity contribution in [1.82, 2.24) is 10.2 Å². The lowest BCUT2D eigenvalue weighted by molar-refractivity contribution is -0.140. The zero-order valence-corrected chi connectivity index (χ0v) is 21.2. The fourth-order valence-corrected chi connectivity index (χ4v) is 4.80. The van der Waals surface area contributed by atoms with Gasteiger partial charge in [-0.25, -0.2) is 0 Å². The van der Waals surface area contributed by atoms with Crippen LogP contribution < -0.4 is 10.2 Å². The minimum absolute atomic E-state index is 0.160. The van der Waals surface area contributed by atoms with Crippen LogP contribution in [0, 0.1) is 0 Å². The van der Waals surface area contributed by atoms with Gasteiger partial charge in [-0.3, -0.25) is 19.3 Å². The molecule has 3 aromatic carbocycles. The first-order chi connectivity index (χ1) is 16.8. The number of rotatable bonds is 9. The quantitative estimate of drug-likeness (QED) is 0.415. The zero-order valence-electron chi connectivity index (χ0n) is 19.7. The van der Waals surface area contributed by atoms with Crippen LogP contribution in [0.4, 0.5) is 5.69 Å². The van der Waals surface area contributed by atoms with Crippen LogP contribution in [0.1, 0.15) is 42.6 Å². The summed E-state index contributed by atoms with van der Waals surface area (Å²) in [6, 6.07) is 15.7. The number of halogens is 2. The van der Waals surface area contributed by atoms with Crippen LogP contribution in [-0.2, 0) is 16.1 Å². The standard InChI is InChI=1S/C27H27Cl2N3O3/c1-3-13-30-26(34)22(4-2)31(15-17-11-12-20(28)21(29)14-17)24(33)16-32-23-10-6-8-18-7-5-9-19(25(18)23)27(32)35/h5-12,14,22H,3-4,13,15-16H2,1-2H3,(H,30,34)/t22-/m1/s1. The number of amides is 3. The molecule has 0 aromatic heterocycles. The lowest BCUT2D eigenvalue weighted by atomic mass is 10.1. The molecule has 1 atom stereocenters. The number of anilines is 1. The van der Waals surface area contributed by atoms with Gasteiger partial charge in [0, 0.05) is 24.0 Å².